The molecule has 0 aromatic rings. The zero-order valence-corrected chi connectivity index (χ0v) is 13.5. The maximum Gasteiger partial charge on any atom is 0.239 e. The molecule has 8 heteroatoms. The van der Waals surface area contributed by atoms with Gasteiger partial charge in [-0.3, -0.25) is 9.59 Å². The van der Waals surface area contributed by atoms with Crippen molar-refractivity contribution in [3.8, 4) is 0 Å². The SMILES string of the molecule is C[C@H](N)C(=O)N1CCOCCN(C(=O)[C@@H](C)N)CCOCC1. The van der Waals surface area contributed by atoms with E-state index in [9.17, 15) is 9.59 Å². The number of nitrogens with two attached hydrogens (primary N) is 2. The topological polar surface area (TPSA) is 111 Å². The van der Waals surface area contributed by atoms with E-state index >= 15 is 0 Å². The summed E-state index contributed by atoms with van der Waals surface area (Å²) in [4.78, 5) is 27.2. The molecule has 1 aliphatic heterocycles. The number of hydrogen-bond acceptors (Lipinski definition) is 6. The predicted octanol–water partition coefficient (Wildman–Crippen LogP) is -1.62. The number of ether oxygens (including phenoxy) is 2. The van der Waals surface area contributed by atoms with Crippen LogP contribution in [0.15, 0.2) is 0 Å². The van der Waals surface area contributed by atoms with Crippen LogP contribution in [0.2, 0.25) is 0 Å². The molecular weight excluding hydrogens is 288 g/mol. The lowest BCUT2D eigenvalue weighted by Gasteiger charge is -2.28. The molecule has 0 bridgehead atoms. The number of carbonyl (C=O) groups is 2. The highest BCUT2D eigenvalue weighted by molar-refractivity contribution is 5.81. The number of carbonyl (C=O) groups excluding carboxylic acids is 2. The molecular formula is C14H28N4O4. The van der Waals surface area contributed by atoms with E-state index in [1.165, 1.54) is 0 Å². The van der Waals surface area contributed by atoms with Gasteiger partial charge in [0.1, 0.15) is 0 Å². The van der Waals surface area contributed by atoms with Crippen molar-refractivity contribution in [2.75, 3.05) is 52.6 Å². The molecule has 1 aliphatic rings. The Balaban J connectivity index is 2.53. The Bertz CT molecular complexity index is 317. The van der Waals surface area contributed by atoms with E-state index in [0.717, 1.165) is 0 Å². The van der Waals surface area contributed by atoms with E-state index in [1.807, 2.05) is 0 Å². The van der Waals surface area contributed by atoms with Gasteiger partial charge in [0.2, 0.25) is 11.8 Å². The fourth-order valence-electron chi connectivity index (χ4n) is 2.14. The summed E-state index contributed by atoms with van der Waals surface area (Å²) in [7, 11) is 0. The van der Waals surface area contributed by atoms with Gasteiger partial charge in [-0.1, -0.05) is 0 Å². The molecule has 0 saturated carbocycles. The number of amides is 2. The monoisotopic (exact) mass is 316 g/mol. The molecule has 128 valence electrons. The van der Waals surface area contributed by atoms with Crippen LogP contribution in [0, 0.1) is 0 Å². The van der Waals surface area contributed by atoms with Crippen molar-refractivity contribution in [1.82, 2.24) is 9.80 Å². The first kappa shape index (κ1) is 18.8. The quantitative estimate of drug-likeness (QED) is 0.634. The summed E-state index contributed by atoms with van der Waals surface area (Å²) in [5.74, 6) is -0.226. The van der Waals surface area contributed by atoms with Crippen LogP contribution in [0.1, 0.15) is 13.8 Å². The van der Waals surface area contributed by atoms with E-state index in [2.05, 4.69) is 0 Å². The van der Waals surface area contributed by atoms with Crippen LogP contribution < -0.4 is 11.5 Å². The second-order valence-corrected chi connectivity index (χ2v) is 5.45. The van der Waals surface area contributed by atoms with Crippen molar-refractivity contribution in [3.63, 3.8) is 0 Å². The third-order valence-electron chi connectivity index (χ3n) is 3.42. The van der Waals surface area contributed by atoms with Gasteiger partial charge >= 0.3 is 0 Å². The van der Waals surface area contributed by atoms with Crippen molar-refractivity contribution in [2.24, 2.45) is 11.5 Å². The standard InChI is InChI=1S/C14H28N4O4/c1-11(15)13(19)17-3-7-21-9-5-18(14(20)12(2)16)6-10-22-8-4-17/h11-12H,3-10,15-16H2,1-2H3/t11-,12+. The molecule has 8 nitrogen and oxygen atoms in total. The van der Waals surface area contributed by atoms with Crippen molar-refractivity contribution in [3.05, 3.63) is 0 Å². The predicted molar refractivity (Wildman–Crippen MR) is 82.1 cm³/mol. The average molecular weight is 316 g/mol. The Morgan fingerprint density at radius 3 is 1.27 bits per heavy atom. The fourth-order valence-corrected chi connectivity index (χ4v) is 2.14. The van der Waals surface area contributed by atoms with Crippen LogP contribution in [0.5, 0.6) is 0 Å². The van der Waals surface area contributed by atoms with Crippen molar-refractivity contribution < 1.29 is 19.1 Å². The molecule has 22 heavy (non-hydrogen) atoms. The van der Waals surface area contributed by atoms with E-state index in [0.29, 0.717) is 52.6 Å². The van der Waals surface area contributed by atoms with Gasteiger partial charge in [0.25, 0.3) is 0 Å². The van der Waals surface area contributed by atoms with Gasteiger partial charge in [0.15, 0.2) is 0 Å². The van der Waals surface area contributed by atoms with Gasteiger partial charge in [0.05, 0.1) is 38.5 Å². The highest BCUT2D eigenvalue weighted by Crippen LogP contribution is 1.99. The zero-order chi connectivity index (χ0) is 16.5. The highest BCUT2D eigenvalue weighted by Gasteiger charge is 2.19. The minimum atomic E-state index is -0.535. The lowest BCUT2D eigenvalue weighted by Crippen LogP contribution is -2.47. The molecule has 2 atom stereocenters. The lowest BCUT2D eigenvalue weighted by molar-refractivity contribution is -0.135. The molecule has 0 aromatic carbocycles. The first-order chi connectivity index (χ1) is 10.4. The Morgan fingerprint density at radius 2 is 1.05 bits per heavy atom. The molecule has 1 heterocycles. The Hall–Kier alpha value is -1.22. The molecule has 0 aliphatic carbocycles. The summed E-state index contributed by atoms with van der Waals surface area (Å²) in [5, 5.41) is 0. The smallest absolute Gasteiger partial charge is 0.239 e. The number of rotatable bonds is 2. The molecule has 2 amide bonds. The van der Waals surface area contributed by atoms with Gasteiger partial charge in [0, 0.05) is 26.2 Å². The first-order valence-corrected chi connectivity index (χ1v) is 7.67. The van der Waals surface area contributed by atoms with Crippen molar-refractivity contribution in [2.45, 2.75) is 25.9 Å². The minimum Gasteiger partial charge on any atom is -0.378 e. The summed E-state index contributed by atoms with van der Waals surface area (Å²) < 4.78 is 11.0. The third-order valence-corrected chi connectivity index (χ3v) is 3.42. The first-order valence-electron chi connectivity index (χ1n) is 7.67. The fraction of sp³-hybridized carbons (Fsp3) is 0.857. The zero-order valence-electron chi connectivity index (χ0n) is 13.5. The number of hydrogen-bond donors (Lipinski definition) is 2. The normalized spacial score (nSPS) is 21.5. The van der Waals surface area contributed by atoms with Crippen molar-refractivity contribution in [1.29, 1.82) is 0 Å². The van der Waals surface area contributed by atoms with Crippen LogP contribution in [0.4, 0.5) is 0 Å². The largest absolute Gasteiger partial charge is 0.378 e. The van der Waals surface area contributed by atoms with Gasteiger partial charge in [-0.2, -0.15) is 0 Å². The average Bonchev–Trinajstić information content (AvgIpc) is 2.46. The summed E-state index contributed by atoms with van der Waals surface area (Å²) in [6.07, 6.45) is 0. The van der Waals surface area contributed by atoms with Crippen LogP contribution >= 0.6 is 0 Å². The second-order valence-electron chi connectivity index (χ2n) is 5.45. The van der Waals surface area contributed by atoms with Gasteiger partial charge in [-0.15, -0.1) is 0 Å². The van der Waals surface area contributed by atoms with Gasteiger partial charge < -0.3 is 30.7 Å². The molecule has 4 N–H and O–H groups in total. The van der Waals surface area contributed by atoms with Crippen LogP contribution in [-0.2, 0) is 19.1 Å². The molecule has 1 rings (SSSR count). The van der Waals surface area contributed by atoms with E-state index in [1.54, 1.807) is 23.6 Å². The van der Waals surface area contributed by atoms with E-state index in [-0.39, 0.29) is 11.8 Å². The van der Waals surface area contributed by atoms with Crippen LogP contribution in [-0.4, -0.2) is 86.3 Å². The maximum absolute atomic E-state index is 12.0. The van der Waals surface area contributed by atoms with Crippen LogP contribution in [0.25, 0.3) is 0 Å². The molecule has 0 unspecified atom stereocenters. The van der Waals surface area contributed by atoms with E-state index < -0.39 is 12.1 Å². The summed E-state index contributed by atoms with van der Waals surface area (Å²) >= 11 is 0. The third kappa shape index (κ3) is 6.27. The van der Waals surface area contributed by atoms with Crippen LogP contribution in [0.3, 0.4) is 0 Å². The lowest BCUT2D eigenvalue weighted by atomic mass is 10.3. The van der Waals surface area contributed by atoms with Gasteiger partial charge in [-0.05, 0) is 13.8 Å². The second kappa shape index (κ2) is 9.73. The molecule has 0 radical (unpaired) electrons. The molecule has 1 fully saturated rings. The molecule has 1 saturated heterocycles. The van der Waals surface area contributed by atoms with Gasteiger partial charge in [-0.25, -0.2) is 0 Å². The summed E-state index contributed by atoms with van der Waals surface area (Å²) in [6.45, 7) is 6.79. The van der Waals surface area contributed by atoms with Crippen molar-refractivity contribution >= 4 is 11.8 Å². The molecule has 0 spiro atoms. The van der Waals surface area contributed by atoms with E-state index in [4.69, 9.17) is 20.9 Å². The Kier molecular flexibility index (Phi) is 8.32. The Labute approximate surface area is 131 Å². The molecule has 0 aromatic heterocycles. The highest BCUT2D eigenvalue weighted by atomic mass is 16.5. The Morgan fingerprint density at radius 1 is 0.773 bits per heavy atom. The summed E-state index contributed by atoms with van der Waals surface area (Å²) in [6, 6.07) is -1.07. The number of nitrogens with zero attached hydrogens (tertiary/aromatic N) is 2. The maximum atomic E-state index is 12.0. The minimum absolute atomic E-state index is 0.113. The summed E-state index contributed by atoms with van der Waals surface area (Å²) in [5.41, 5.74) is 11.3.